The number of hydrogen-bond acceptors (Lipinski definition) is 5. The number of para-hydroxylation sites is 2. The highest BCUT2D eigenvalue weighted by atomic mass is 16.6. The minimum absolute atomic E-state index is 0.0629. The third kappa shape index (κ3) is 3.59. The molecule has 2 saturated heterocycles. The van der Waals surface area contributed by atoms with Gasteiger partial charge in [0.25, 0.3) is 0 Å². The van der Waals surface area contributed by atoms with Gasteiger partial charge in [-0.25, -0.2) is 0 Å². The van der Waals surface area contributed by atoms with Crippen molar-refractivity contribution >= 4 is 0 Å². The molecule has 0 amide bonds. The second-order valence-electron chi connectivity index (χ2n) is 8.47. The molecule has 3 aliphatic heterocycles. The highest BCUT2D eigenvalue weighted by Gasteiger charge is 2.45. The molecule has 5 heteroatoms. The Kier molecular flexibility index (Phi) is 4.91. The van der Waals surface area contributed by atoms with Gasteiger partial charge in [0.1, 0.15) is 6.61 Å². The van der Waals surface area contributed by atoms with E-state index in [9.17, 15) is 0 Å². The number of likely N-dealkylation sites (tertiary alicyclic amines) is 2. The second kappa shape index (κ2) is 7.70. The molecule has 0 radical (unpaired) electrons. The maximum absolute atomic E-state index is 9.13. The number of ether oxygens (including phenoxy) is 2. The predicted molar refractivity (Wildman–Crippen MR) is 111 cm³/mol. The van der Waals surface area contributed by atoms with Crippen LogP contribution in [-0.4, -0.2) is 48.1 Å². The number of rotatable bonds is 4. The van der Waals surface area contributed by atoms with Gasteiger partial charge in [0.15, 0.2) is 17.6 Å². The van der Waals surface area contributed by atoms with Crippen molar-refractivity contribution in [2.24, 2.45) is 0 Å². The molecular weight excluding hydrogens is 362 g/mol. The molecule has 0 saturated carbocycles. The van der Waals surface area contributed by atoms with Crippen LogP contribution in [0.25, 0.3) is 0 Å². The average molecular weight is 389 g/mol. The summed E-state index contributed by atoms with van der Waals surface area (Å²) < 4.78 is 12.0. The van der Waals surface area contributed by atoms with Gasteiger partial charge >= 0.3 is 0 Å². The van der Waals surface area contributed by atoms with Gasteiger partial charge in [0.05, 0.1) is 12.6 Å². The summed E-state index contributed by atoms with van der Waals surface area (Å²) in [6.07, 6.45) is 3.56. The summed E-state index contributed by atoms with van der Waals surface area (Å²) in [6.45, 7) is 5.33. The molecule has 0 N–H and O–H groups in total. The van der Waals surface area contributed by atoms with Crippen molar-refractivity contribution in [1.29, 1.82) is 5.26 Å². The van der Waals surface area contributed by atoms with Gasteiger partial charge in [0, 0.05) is 25.2 Å². The minimum Gasteiger partial charge on any atom is -0.485 e. The molecule has 2 aromatic rings. The number of benzene rings is 2. The van der Waals surface area contributed by atoms with Gasteiger partial charge < -0.3 is 9.47 Å². The summed E-state index contributed by atoms with van der Waals surface area (Å²) in [5.41, 5.74) is 2.71. The van der Waals surface area contributed by atoms with Crippen LogP contribution in [-0.2, 0) is 6.54 Å². The van der Waals surface area contributed by atoms with Gasteiger partial charge in [-0.1, -0.05) is 36.4 Å². The third-order valence-corrected chi connectivity index (χ3v) is 6.68. The Balaban J connectivity index is 1.21. The smallest absolute Gasteiger partial charge is 0.162 e. The zero-order valence-corrected chi connectivity index (χ0v) is 16.7. The van der Waals surface area contributed by atoms with Crippen LogP contribution >= 0.6 is 0 Å². The van der Waals surface area contributed by atoms with Crippen LogP contribution in [0.1, 0.15) is 36.5 Å². The van der Waals surface area contributed by atoms with E-state index in [0.29, 0.717) is 13.2 Å². The monoisotopic (exact) mass is 389 g/mol. The van der Waals surface area contributed by atoms with Crippen molar-refractivity contribution < 1.29 is 9.47 Å². The van der Waals surface area contributed by atoms with Crippen LogP contribution in [0.4, 0.5) is 0 Å². The molecule has 2 aromatic carbocycles. The molecule has 5 nitrogen and oxygen atoms in total. The van der Waals surface area contributed by atoms with Crippen LogP contribution in [0.2, 0.25) is 0 Å². The van der Waals surface area contributed by atoms with Crippen LogP contribution in [0, 0.1) is 11.3 Å². The summed E-state index contributed by atoms with van der Waals surface area (Å²) in [5, 5.41) is 9.13. The number of hydrogen-bond donors (Lipinski definition) is 0. The van der Waals surface area contributed by atoms with Crippen molar-refractivity contribution in [3.8, 4) is 17.6 Å². The first-order chi connectivity index (χ1) is 14.3. The lowest BCUT2D eigenvalue weighted by Gasteiger charge is -2.33. The lowest BCUT2D eigenvalue weighted by molar-refractivity contribution is 0.0913. The Morgan fingerprint density at radius 1 is 1.03 bits per heavy atom. The maximum atomic E-state index is 9.13. The Morgan fingerprint density at radius 3 is 2.69 bits per heavy atom. The average Bonchev–Trinajstić information content (AvgIpc) is 3.35. The van der Waals surface area contributed by atoms with Crippen molar-refractivity contribution in [3.05, 3.63) is 59.7 Å². The zero-order chi connectivity index (χ0) is 19.7. The van der Waals surface area contributed by atoms with Crippen LogP contribution in [0.3, 0.4) is 0 Å². The van der Waals surface area contributed by atoms with E-state index in [1.165, 1.54) is 24.8 Å². The van der Waals surface area contributed by atoms with Crippen LogP contribution < -0.4 is 9.47 Å². The molecule has 2 fully saturated rings. The molecule has 5 rings (SSSR count). The van der Waals surface area contributed by atoms with E-state index in [1.54, 1.807) is 0 Å². The van der Waals surface area contributed by atoms with E-state index in [4.69, 9.17) is 14.7 Å². The Labute approximate surface area is 172 Å². The van der Waals surface area contributed by atoms with Gasteiger partial charge in [-0.05, 0) is 49.1 Å². The van der Waals surface area contributed by atoms with Crippen molar-refractivity contribution in [2.45, 2.75) is 37.5 Å². The standard InChI is InChI=1S/C24H27N3O2/c25-12-15-27-13-3-10-24(27)11-14-26(18-24)16-19-6-8-20(9-7-19)23-17-28-21-4-1-2-5-22(21)29-23/h1-2,4-9,23H,3,10-11,13-18H2. The Morgan fingerprint density at radius 2 is 1.86 bits per heavy atom. The van der Waals surface area contributed by atoms with Crippen LogP contribution in [0.5, 0.6) is 11.5 Å². The predicted octanol–water partition coefficient (Wildman–Crippen LogP) is 3.76. The fourth-order valence-corrected chi connectivity index (χ4v) is 5.14. The molecule has 1 spiro atoms. The summed E-state index contributed by atoms with van der Waals surface area (Å²) in [4.78, 5) is 4.95. The van der Waals surface area contributed by atoms with E-state index in [-0.39, 0.29) is 11.6 Å². The van der Waals surface area contributed by atoms with Crippen molar-refractivity contribution in [3.63, 3.8) is 0 Å². The second-order valence-corrected chi connectivity index (χ2v) is 8.47. The molecule has 0 bridgehead atoms. The molecular formula is C24H27N3O2. The molecule has 3 heterocycles. The molecule has 150 valence electrons. The van der Waals surface area contributed by atoms with E-state index < -0.39 is 0 Å². The first-order valence-corrected chi connectivity index (χ1v) is 10.6. The SMILES string of the molecule is N#CCN1CCCC12CCN(Cc1ccc(C3COc4ccccc4O3)cc1)C2. The highest BCUT2D eigenvalue weighted by Crippen LogP contribution is 2.38. The quantitative estimate of drug-likeness (QED) is 0.745. The number of fused-ring (bicyclic) bond motifs is 1. The van der Waals surface area contributed by atoms with Gasteiger partial charge in [0.2, 0.25) is 0 Å². The fraction of sp³-hybridized carbons (Fsp3) is 0.458. The van der Waals surface area contributed by atoms with E-state index in [0.717, 1.165) is 43.2 Å². The molecule has 3 aliphatic rings. The van der Waals surface area contributed by atoms with E-state index >= 15 is 0 Å². The van der Waals surface area contributed by atoms with Gasteiger partial charge in [-0.15, -0.1) is 0 Å². The van der Waals surface area contributed by atoms with E-state index in [2.05, 4.69) is 40.1 Å². The molecule has 0 aromatic heterocycles. The van der Waals surface area contributed by atoms with Crippen LogP contribution in [0.15, 0.2) is 48.5 Å². The number of nitrogens with zero attached hydrogens (tertiary/aromatic N) is 3. The van der Waals surface area contributed by atoms with Crippen molar-refractivity contribution in [2.75, 3.05) is 32.8 Å². The molecule has 29 heavy (non-hydrogen) atoms. The molecule has 2 unspecified atom stereocenters. The lowest BCUT2D eigenvalue weighted by Crippen LogP contribution is -2.46. The first kappa shape index (κ1) is 18.5. The zero-order valence-electron chi connectivity index (χ0n) is 16.7. The molecule has 0 aliphatic carbocycles. The van der Waals surface area contributed by atoms with Gasteiger partial charge in [-0.2, -0.15) is 5.26 Å². The summed E-state index contributed by atoms with van der Waals surface area (Å²) in [7, 11) is 0. The normalized spacial score (nSPS) is 26.7. The van der Waals surface area contributed by atoms with E-state index in [1.807, 2.05) is 24.3 Å². The Hall–Kier alpha value is -2.55. The largest absolute Gasteiger partial charge is 0.485 e. The Bertz CT molecular complexity index is 907. The highest BCUT2D eigenvalue weighted by molar-refractivity contribution is 5.41. The maximum Gasteiger partial charge on any atom is 0.162 e. The minimum atomic E-state index is -0.0629. The first-order valence-electron chi connectivity index (χ1n) is 10.6. The summed E-state index contributed by atoms with van der Waals surface area (Å²) >= 11 is 0. The lowest BCUT2D eigenvalue weighted by atomic mass is 9.95. The van der Waals surface area contributed by atoms with Gasteiger partial charge in [-0.3, -0.25) is 9.80 Å². The topological polar surface area (TPSA) is 48.7 Å². The summed E-state index contributed by atoms with van der Waals surface area (Å²) in [5.74, 6) is 1.63. The fourth-order valence-electron chi connectivity index (χ4n) is 5.14. The summed E-state index contributed by atoms with van der Waals surface area (Å²) in [6, 6.07) is 19.0. The molecule has 2 atom stereocenters. The number of nitriles is 1. The van der Waals surface area contributed by atoms with Crippen molar-refractivity contribution in [1.82, 2.24) is 9.80 Å². The third-order valence-electron chi connectivity index (χ3n) is 6.68.